The van der Waals surface area contributed by atoms with Crippen molar-refractivity contribution < 1.29 is 8.42 Å². The smallest absolute Gasteiger partial charge is 0.281 e. The Bertz CT molecular complexity index is 529. The van der Waals surface area contributed by atoms with Gasteiger partial charge in [0.15, 0.2) is 0 Å². The zero-order valence-corrected chi connectivity index (χ0v) is 13.4. The van der Waals surface area contributed by atoms with Crippen LogP contribution in [-0.2, 0) is 16.6 Å². The summed E-state index contributed by atoms with van der Waals surface area (Å²) < 4.78 is 28.2. The highest BCUT2D eigenvalue weighted by molar-refractivity contribution is 7.86. The van der Waals surface area contributed by atoms with Crippen LogP contribution in [0.25, 0.3) is 0 Å². The Kier molecular flexibility index (Phi) is 5.75. The molecule has 0 saturated heterocycles. The van der Waals surface area contributed by atoms with Crippen molar-refractivity contribution in [3.63, 3.8) is 0 Å². The van der Waals surface area contributed by atoms with E-state index < -0.39 is 10.2 Å². The fourth-order valence-corrected chi connectivity index (χ4v) is 3.79. The molecule has 5 nitrogen and oxygen atoms in total. The summed E-state index contributed by atoms with van der Waals surface area (Å²) in [5.41, 5.74) is 6.72. The van der Waals surface area contributed by atoms with Gasteiger partial charge in [-0.05, 0) is 30.7 Å². The van der Waals surface area contributed by atoms with Gasteiger partial charge in [-0.25, -0.2) is 0 Å². The third-order valence-corrected chi connectivity index (χ3v) is 5.76. The molecule has 1 aliphatic rings. The molecule has 1 saturated carbocycles. The summed E-state index contributed by atoms with van der Waals surface area (Å²) in [5.74, 6) is 0.540. The average molecular weight is 311 g/mol. The van der Waals surface area contributed by atoms with Crippen molar-refractivity contribution in [3.05, 3.63) is 35.9 Å². The highest BCUT2D eigenvalue weighted by Gasteiger charge is 2.31. The molecule has 0 aliphatic heterocycles. The maximum Gasteiger partial charge on any atom is 0.281 e. The number of nitrogens with zero attached hydrogens (tertiary/aromatic N) is 2. The van der Waals surface area contributed by atoms with Crippen LogP contribution in [0.3, 0.4) is 0 Å². The van der Waals surface area contributed by atoms with Gasteiger partial charge in [-0.15, -0.1) is 0 Å². The summed E-state index contributed by atoms with van der Waals surface area (Å²) in [6.45, 7) is 1.79. The molecule has 0 spiro atoms. The molecular formula is C15H25N3O2S. The van der Waals surface area contributed by atoms with E-state index in [1.165, 1.54) is 8.61 Å². The second-order valence-corrected chi connectivity index (χ2v) is 7.69. The van der Waals surface area contributed by atoms with E-state index in [0.717, 1.165) is 18.4 Å². The molecule has 1 aromatic carbocycles. The highest BCUT2D eigenvalue weighted by Crippen LogP contribution is 2.30. The van der Waals surface area contributed by atoms with Crippen LogP contribution in [0.5, 0.6) is 0 Å². The second kappa shape index (κ2) is 7.35. The minimum absolute atomic E-state index is 0.339. The van der Waals surface area contributed by atoms with Crippen molar-refractivity contribution in [2.45, 2.75) is 19.3 Å². The Hall–Kier alpha value is -0.950. The van der Waals surface area contributed by atoms with Crippen LogP contribution < -0.4 is 5.73 Å². The normalized spacial score (nSPS) is 15.8. The van der Waals surface area contributed by atoms with E-state index in [0.29, 0.717) is 38.5 Å². The number of benzene rings is 1. The van der Waals surface area contributed by atoms with E-state index in [1.807, 2.05) is 30.3 Å². The predicted octanol–water partition coefficient (Wildman–Crippen LogP) is 1.08. The summed E-state index contributed by atoms with van der Waals surface area (Å²) in [6.07, 6.45) is 2.98. The third-order valence-electron chi connectivity index (χ3n) is 3.80. The molecular weight excluding hydrogens is 286 g/mol. The summed E-state index contributed by atoms with van der Waals surface area (Å²) in [4.78, 5) is 0. The first kappa shape index (κ1) is 16.4. The maximum atomic E-state index is 12.6. The fourth-order valence-electron chi connectivity index (χ4n) is 2.34. The molecule has 6 heteroatoms. The van der Waals surface area contributed by atoms with Gasteiger partial charge in [0.2, 0.25) is 0 Å². The molecule has 2 N–H and O–H groups in total. The molecule has 1 fully saturated rings. The van der Waals surface area contributed by atoms with Crippen LogP contribution in [-0.4, -0.2) is 50.3 Å². The number of nitrogens with two attached hydrogens (primary N) is 1. The van der Waals surface area contributed by atoms with Gasteiger partial charge in [-0.1, -0.05) is 30.3 Å². The first-order valence-electron chi connectivity index (χ1n) is 7.49. The molecule has 21 heavy (non-hydrogen) atoms. The largest absolute Gasteiger partial charge is 0.329 e. The molecule has 0 heterocycles. The Morgan fingerprint density at radius 2 is 1.86 bits per heavy atom. The standard InChI is InChI=1S/C15H25N3O2S/c1-17(13-15-7-8-15)21(19,20)18(12-10-16)11-9-14-5-3-2-4-6-14/h2-6,15H,7-13,16H2,1H3. The molecule has 0 bridgehead atoms. The lowest BCUT2D eigenvalue weighted by atomic mass is 10.1. The molecule has 0 atom stereocenters. The Labute approximate surface area is 127 Å². The van der Waals surface area contributed by atoms with Gasteiger partial charge in [0, 0.05) is 33.2 Å². The topological polar surface area (TPSA) is 66.6 Å². The first-order chi connectivity index (χ1) is 10.0. The predicted molar refractivity (Wildman–Crippen MR) is 85.0 cm³/mol. The van der Waals surface area contributed by atoms with Gasteiger partial charge in [0.1, 0.15) is 0 Å². The van der Waals surface area contributed by atoms with Crippen LogP contribution in [0.15, 0.2) is 30.3 Å². The van der Waals surface area contributed by atoms with Gasteiger partial charge < -0.3 is 5.73 Å². The van der Waals surface area contributed by atoms with Crippen molar-refractivity contribution >= 4 is 10.2 Å². The first-order valence-corrected chi connectivity index (χ1v) is 8.89. The van der Waals surface area contributed by atoms with Crippen molar-refractivity contribution in [1.82, 2.24) is 8.61 Å². The quantitative estimate of drug-likeness (QED) is 0.742. The van der Waals surface area contributed by atoms with Gasteiger partial charge in [-0.2, -0.15) is 17.0 Å². The van der Waals surface area contributed by atoms with Crippen LogP contribution in [0, 0.1) is 5.92 Å². The van der Waals surface area contributed by atoms with Crippen LogP contribution in [0.4, 0.5) is 0 Å². The molecule has 0 aromatic heterocycles. The second-order valence-electron chi connectivity index (χ2n) is 5.65. The van der Waals surface area contributed by atoms with Crippen molar-refractivity contribution in [2.24, 2.45) is 11.7 Å². The number of rotatable bonds is 9. The van der Waals surface area contributed by atoms with E-state index in [2.05, 4.69) is 0 Å². The van der Waals surface area contributed by atoms with Gasteiger partial charge in [0.05, 0.1) is 0 Å². The van der Waals surface area contributed by atoms with E-state index in [-0.39, 0.29) is 0 Å². The van der Waals surface area contributed by atoms with Gasteiger partial charge in [-0.3, -0.25) is 0 Å². The van der Waals surface area contributed by atoms with Gasteiger partial charge >= 0.3 is 0 Å². The van der Waals surface area contributed by atoms with Crippen LogP contribution in [0.2, 0.25) is 0 Å². The minimum Gasteiger partial charge on any atom is -0.329 e. The maximum absolute atomic E-state index is 12.6. The Morgan fingerprint density at radius 1 is 1.19 bits per heavy atom. The number of hydrogen-bond acceptors (Lipinski definition) is 3. The summed E-state index contributed by atoms with van der Waals surface area (Å²) in [5, 5.41) is 0. The summed E-state index contributed by atoms with van der Waals surface area (Å²) in [6, 6.07) is 9.93. The van der Waals surface area contributed by atoms with Crippen molar-refractivity contribution in [3.8, 4) is 0 Å². The Balaban J connectivity index is 1.98. The molecule has 0 radical (unpaired) electrons. The summed E-state index contributed by atoms with van der Waals surface area (Å²) >= 11 is 0. The molecule has 1 aromatic rings. The van der Waals surface area contributed by atoms with E-state index >= 15 is 0 Å². The molecule has 2 rings (SSSR count). The lowest BCUT2D eigenvalue weighted by Gasteiger charge is -2.27. The SMILES string of the molecule is CN(CC1CC1)S(=O)(=O)N(CCN)CCc1ccccc1. The zero-order chi connectivity index (χ0) is 15.3. The zero-order valence-electron chi connectivity index (χ0n) is 12.6. The van der Waals surface area contributed by atoms with Gasteiger partial charge in [0.25, 0.3) is 10.2 Å². The van der Waals surface area contributed by atoms with Crippen LogP contribution in [0.1, 0.15) is 18.4 Å². The fraction of sp³-hybridized carbons (Fsp3) is 0.600. The van der Waals surface area contributed by atoms with E-state index in [1.54, 1.807) is 7.05 Å². The van der Waals surface area contributed by atoms with Crippen molar-refractivity contribution in [1.29, 1.82) is 0 Å². The van der Waals surface area contributed by atoms with Crippen LogP contribution >= 0.6 is 0 Å². The minimum atomic E-state index is -3.40. The lowest BCUT2D eigenvalue weighted by molar-refractivity contribution is 0.359. The highest BCUT2D eigenvalue weighted by atomic mass is 32.2. The molecule has 118 valence electrons. The van der Waals surface area contributed by atoms with E-state index in [4.69, 9.17) is 5.73 Å². The lowest BCUT2D eigenvalue weighted by Crippen LogP contribution is -2.45. The average Bonchev–Trinajstić information content (AvgIpc) is 3.28. The molecule has 0 amide bonds. The molecule has 0 unspecified atom stereocenters. The number of hydrogen-bond donors (Lipinski definition) is 1. The third kappa shape index (κ3) is 4.78. The Morgan fingerprint density at radius 3 is 2.43 bits per heavy atom. The van der Waals surface area contributed by atoms with E-state index in [9.17, 15) is 8.42 Å². The summed E-state index contributed by atoms with van der Waals surface area (Å²) in [7, 11) is -1.74. The monoisotopic (exact) mass is 311 g/mol. The molecule has 1 aliphatic carbocycles. The van der Waals surface area contributed by atoms with Crippen molar-refractivity contribution in [2.75, 3.05) is 33.2 Å².